The number of aryl methyl sites for hydroxylation is 2. The van der Waals surface area contributed by atoms with E-state index in [0.29, 0.717) is 11.4 Å². The van der Waals surface area contributed by atoms with Crippen LogP contribution in [-0.2, 0) is 0 Å². The van der Waals surface area contributed by atoms with E-state index in [1.165, 1.54) is 13.1 Å². The molecule has 1 aromatic heterocycles. The van der Waals surface area contributed by atoms with Gasteiger partial charge in [0, 0.05) is 17.8 Å². The Balaban J connectivity index is 2.40. The van der Waals surface area contributed by atoms with E-state index in [1.807, 2.05) is 0 Å². The molecule has 4 nitrogen and oxygen atoms in total. The Morgan fingerprint density at radius 2 is 1.83 bits per heavy atom. The number of nitrogens with one attached hydrogen (secondary N) is 1. The van der Waals surface area contributed by atoms with Crippen molar-refractivity contribution in [1.29, 1.82) is 0 Å². The van der Waals surface area contributed by atoms with Crippen molar-refractivity contribution in [3.8, 4) is 0 Å². The lowest BCUT2D eigenvalue weighted by Crippen LogP contribution is -2.03. The van der Waals surface area contributed by atoms with Crippen molar-refractivity contribution in [2.24, 2.45) is 0 Å². The molecule has 2 aromatic rings. The molecule has 0 aliphatic rings. The van der Waals surface area contributed by atoms with Crippen molar-refractivity contribution in [2.75, 3.05) is 11.1 Å². The van der Waals surface area contributed by atoms with Crippen LogP contribution in [0.3, 0.4) is 0 Å². The van der Waals surface area contributed by atoms with Crippen LogP contribution < -0.4 is 11.1 Å². The van der Waals surface area contributed by atoms with Gasteiger partial charge in [0.05, 0.1) is 5.69 Å². The molecule has 0 fully saturated rings. The molecule has 2 rings (SSSR count). The van der Waals surface area contributed by atoms with Gasteiger partial charge < -0.3 is 11.1 Å². The average Bonchev–Trinajstić information content (AvgIpc) is 2.30. The number of nitrogen functional groups attached to an aromatic ring is 1. The molecular weight excluding hydrogens is 238 g/mol. The molecule has 0 saturated carbocycles. The molecule has 0 radical (unpaired) electrons. The minimum atomic E-state index is -0.550. The molecule has 3 N–H and O–H groups in total. The molecule has 1 heterocycles. The van der Waals surface area contributed by atoms with Crippen molar-refractivity contribution in [1.82, 2.24) is 9.97 Å². The third-order valence-corrected chi connectivity index (χ3v) is 2.49. The fourth-order valence-corrected chi connectivity index (χ4v) is 1.45. The largest absolute Gasteiger partial charge is 0.368 e. The molecule has 0 aliphatic carbocycles. The van der Waals surface area contributed by atoms with Gasteiger partial charge in [0.15, 0.2) is 0 Å². The minimum Gasteiger partial charge on any atom is -0.368 e. The van der Waals surface area contributed by atoms with E-state index in [4.69, 9.17) is 5.73 Å². The van der Waals surface area contributed by atoms with E-state index in [-0.39, 0.29) is 17.2 Å². The first-order chi connectivity index (χ1) is 8.47. The monoisotopic (exact) mass is 250 g/mol. The van der Waals surface area contributed by atoms with E-state index < -0.39 is 11.6 Å². The molecule has 0 saturated heterocycles. The van der Waals surface area contributed by atoms with Gasteiger partial charge in [-0.05, 0) is 25.5 Å². The smallest absolute Gasteiger partial charge is 0.221 e. The highest BCUT2D eigenvalue weighted by Crippen LogP contribution is 2.23. The van der Waals surface area contributed by atoms with Crippen molar-refractivity contribution in [3.63, 3.8) is 0 Å². The summed E-state index contributed by atoms with van der Waals surface area (Å²) in [6.45, 7) is 3.24. The lowest BCUT2D eigenvalue weighted by Gasteiger charge is -2.10. The third kappa shape index (κ3) is 2.37. The summed E-state index contributed by atoms with van der Waals surface area (Å²) in [5.74, 6) is -0.621. The molecule has 0 unspecified atom stereocenters. The van der Waals surface area contributed by atoms with Crippen molar-refractivity contribution >= 4 is 17.5 Å². The number of rotatable bonds is 2. The predicted molar refractivity (Wildman–Crippen MR) is 65.6 cm³/mol. The summed E-state index contributed by atoms with van der Waals surface area (Å²) in [6.07, 6.45) is 1.51. The summed E-state index contributed by atoms with van der Waals surface area (Å²) < 4.78 is 27.0. The van der Waals surface area contributed by atoms with Crippen LogP contribution in [0.1, 0.15) is 11.1 Å². The highest BCUT2D eigenvalue weighted by molar-refractivity contribution is 5.60. The zero-order chi connectivity index (χ0) is 13.3. The van der Waals surface area contributed by atoms with Crippen LogP contribution in [0.25, 0.3) is 0 Å². The molecule has 94 valence electrons. The fourth-order valence-electron chi connectivity index (χ4n) is 1.45. The van der Waals surface area contributed by atoms with Gasteiger partial charge in [0.25, 0.3) is 0 Å². The van der Waals surface area contributed by atoms with Gasteiger partial charge >= 0.3 is 0 Å². The number of aromatic nitrogens is 2. The second-order valence-electron chi connectivity index (χ2n) is 3.97. The number of anilines is 3. The Morgan fingerprint density at radius 3 is 2.56 bits per heavy atom. The first-order valence-corrected chi connectivity index (χ1v) is 5.29. The van der Waals surface area contributed by atoms with Gasteiger partial charge in [-0.25, -0.2) is 13.8 Å². The molecule has 6 heteroatoms. The van der Waals surface area contributed by atoms with Crippen molar-refractivity contribution < 1.29 is 8.78 Å². The zero-order valence-corrected chi connectivity index (χ0v) is 9.96. The Labute approximate surface area is 103 Å². The maximum atomic E-state index is 13.6. The van der Waals surface area contributed by atoms with Crippen LogP contribution in [-0.4, -0.2) is 9.97 Å². The summed E-state index contributed by atoms with van der Waals surface area (Å²) in [5, 5.41) is 2.70. The number of hydrogen-bond acceptors (Lipinski definition) is 4. The maximum Gasteiger partial charge on any atom is 0.221 e. The fraction of sp³-hybridized carbons (Fsp3) is 0.167. The second-order valence-corrected chi connectivity index (χ2v) is 3.97. The van der Waals surface area contributed by atoms with E-state index in [1.54, 1.807) is 6.92 Å². The first kappa shape index (κ1) is 12.2. The first-order valence-electron chi connectivity index (χ1n) is 5.29. The summed E-state index contributed by atoms with van der Waals surface area (Å²) in [5.41, 5.74) is 6.39. The standard InChI is InChI=1S/C12H12F2N4/c1-6-3-9(14)10(4-8(6)13)17-11-7(2)5-16-12(15)18-11/h3-5H,1-2H3,(H3,15,16,17,18). The number of nitrogens with zero attached hydrogens (tertiary/aromatic N) is 2. The van der Waals surface area contributed by atoms with Gasteiger partial charge in [0.2, 0.25) is 5.95 Å². The Morgan fingerprint density at radius 1 is 1.11 bits per heavy atom. The molecule has 18 heavy (non-hydrogen) atoms. The summed E-state index contributed by atoms with van der Waals surface area (Å²) in [4.78, 5) is 7.72. The van der Waals surface area contributed by atoms with Crippen LogP contribution in [0.15, 0.2) is 18.3 Å². The summed E-state index contributed by atoms with van der Waals surface area (Å²) >= 11 is 0. The Kier molecular flexibility index (Phi) is 3.10. The van der Waals surface area contributed by atoms with Crippen LogP contribution in [0.2, 0.25) is 0 Å². The quantitative estimate of drug-likeness (QED) is 0.860. The van der Waals surface area contributed by atoms with E-state index in [9.17, 15) is 8.78 Å². The van der Waals surface area contributed by atoms with Crippen LogP contribution >= 0.6 is 0 Å². The Bertz CT molecular complexity index is 599. The number of nitrogens with two attached hydrogens (primary N) is 1. The average molecular weight is 250 g/mol. The maximum absolute atomic E-state index is 13.6. The van der Waals surface area contributed by atoms with Crippen molar-refractivity contribution in [3.05, 3.63) is 41.1 Å². The number of halogens is 2. The normalized spacial score (nSPS) is 10.4. The topological polar surface area (TPSA) is 63.8 Å². The van der Waals surface area contributed by atoms with Gasteiger partial charge in [-0.2, -0.15) is 4.98 Å². The number of hydrogen-bond donors (Lipinski definition) is 2. The molecule has 0 aliphatic heterocycles. The SMILES string of the molecule is Cc1cc(F)c(Nc2nc(N)ncc2C)cc1F. The van der Waals surface area contributed by atoms with Gasteiger partial charge in [-0.1, -0.05) is 0 Å². The Hall–Kier alpha value is -2.24. The van der Waals surface area contributed by atoms with Crippen LogP contribution in [0.4, 0.5) is 26.2 Å². The van der Waals surface area contributed by atoms with E-state index >= 15 is 0 Å². The lowest BCUT2D eigenvalue weighted by atomic mass is 10.2. The molecule has 0 atom stereocenters. The molecule has 1 aromatic carbocycles. The van der Waals surface area contributed by atoms with Crippen molar-refractivity contribution in [2.45, 2.75) is 13.8 Å². The highest BCUT2D eigenvalue weighted by Gasteiger charge is 2.09. The van der Waals surface area contributed by atoms with Crippen LogP contribution in [0, 0.1) is 25.5 Å². The lowest BCUT2D eigenvalue weighted by molar-refractivity contribution is 0.595. The summed E-state index contributed by atoms with van der Waals surface area (Å²) in [7, 11) is 0. The van der Waals surface area contributed by atoms with Gasteiger partial charge in [0.1, 0.15) is 17.5 Å². The predicted octanol–water partition coefficient (Wildman–Crippen LogP) is 2.70. The highest BCUT2D eigenvalue weighted by atomic mass is 19.1. The molecule has 0 bridgehead atoms. The summed E-state index contributed by atoms with van der Waals surface area (Å²) in [6, 6.07) is 2.21. The molecular formula is C12H12F2N4. The number of benzene rings is 1. The second kappa shape index (κ2) is 4.56. The van der Waals surface area contributed by atoms with E-state index in [0.717, 1.165) is 12.1 Å². The molecule has 0 spiro atoms. The minimum absolute atomic E-state index is 0.0132. The third-order valence-electron chi connectivity index (χ3n) is 2.49. The van der Waals surface area contributed by atoms with Gasteiger partial charge in [-0.3, -0.25) is 0 Å². The van der Waals surface area contributed by atoms with Gasteiger partial charge in [-0.15, -0.1) is 0 Å². The van der Waals surface area contributed by atoms with E-state index in [2.05, 4.69) is 15.3 Å². The molecule has 0 amide bonds. The van der Waals surface area contributed by atoms with Crippen LogP contribution in [0.5, 0.6) is 0 Å². The zero-order valence-electron chi connectivity index (χ0n) is 9.96.